The zero-order valence-electron chi connectivity index (χ0n) is 11.6. The summed E-state index contributed by atoms with van der Waals surface area (Å²) in [6.07, 6.45) is 0. The fourth-order valence-corrected chi connectivity index (χ4v) is 1.81. The molecular formula is C14H12N4O4. The topological polar surface area (TPSA) is 119 Å². The van der Waals surface area contributed by atoms with Crippen LogP contribution in [0.15, 0.2) is 24.3 Å². The van der Waals surface area contributed by atoms with Crippen LogP contribution in [0.25, 0.3) is 0 Å². The van der Waals surface area contributed by atoms with Gasteiger partial charge in [-0.3, -0.25) is 25.0 Å². The highest BCUT2D eigenvalue weighted by Crippen LogP contribution is 2.15. The van der Waals surface area contributed by atoms with Crippen molar-refractivity contribution in [2.75, 3.05) is 6.54 Å². The number of imide groups is 2. The molecule has 2 aliphatic rings. The molecule has 0 bridgehead atoms. The number of benzene rings is 1. The zero-order chi connectivity index (χ0) is 16.3. The zero-order valence-corrected chi connectivity index (χ0v) is 11.6. The molecule has 8 nitrogen and oxygen atoms in total. The van der Waals surface area contributed by atoms with Gasteiger partial charge in [0.2, 0.25) is 5.91 Å². The van der Waals surface area contributed by atoms with E-state index in [4.69, 9.17) is 5.26 Å². The Labute approximate surface area is 125 Å². The van der Waals surface area contributed by atoms with Crippen molar-refractivity contribution in [3.63, 3.8) is 0 Å². The molecule has 2 heterocycles. The van der Waals surface area contributed by atoms with E-state index in [0.717, 1.165) is 0 Å². The standard InChI is InChI=1S/C8H5NO2.C6H7N3O2/c10-7-5-3-1-2-4-6(5)8(11)9-7;1-4(10)8-6(11)9-3-5(9)2-7/h1-4H,(H,9,10,11);5H,3H2,1H3,(H,8,10,11). The third kappa shape index (κ3) is 3.27. The van der Waals surface area contributed by atoms with Crippen LogP contribution in [0.5, 0.6) is 0 Å². The van der Waals surface area contributed by atoms with Gasteiger partial charge < -0.3 is 4.90 Å². The first-order chi connectivity index (χ1) is 10.4. The number of nitriles is 1. The van der Waals surface area contributed by atoms with E-state index in [-0.39, 0.29) is 17.9 Å². The first-order valence-electron chi connectivity index (χ1n) is 6.36. The summed E-state index contributed by atoms with van der Waals surface area (Å²) in [5, 5.41) is 12.6. The van der Waals surface area contributed by atoms with E-state index in [1.165, 1.54) is 11.8 Å². The second-order valence-corrected chi connectivity index (χ2v) is 4.61. The lowest BCUT2D eigenvalue weighted by Crippen LogP contribution is -2.32. The largest absolute Gasteiger partial charge is 0.325 e. The van der Waals surface area contributed by atoms with Crippen LogP contribution in [0.2, 0.25) is 0 Å². The van der Waals surface area contributed by atoms with Gasteiger partial charge in [-0.15, -0.1) is 0 Å². The molecule has 0 saturated carbocycles. The monoisotopic (exact) mass is 300 g/mol. The van der Waals surface area contributed by atoms with Crippen molar-refractivity contribution in [3.05, 3.63) is 35.4 Å². The van der Waals surface area contributed by atoms with E-state index in [9.17, 15) is 19.2 Å². The number of rotatable bonds is 0. The van der Waals surface area contributed by atoms with Gasteiger partial charge in [0.1, 0.15) is 6.04 Å². The normalized spacial score (nSPS) is 17.5. The minimum absolute atomic E-state index is 0.300. The van der Waals surface area contributed by atoms with E-state index < -0.39 is 11.9 Å². The molecule has 112 valence electrons. The number of carbonyl (C=O) groups is 4. The average molecular weight is 300 g/mol. The number of amides is 5. The molecule has 1 unspecified atom stereocenters. The van der Waals surface area contributed by atoms with Gasteiger partial charge in [0.05, 0.1) is 23.7 Å². The van der Waals surface area contributed by atoms with E-state index in [1.54, 1.807) is 24.3 Å². The Morgan fingerprint density at radius 1 is 1.27 bits per heavy atom. The summed E-state index contributed by atoms with van der Waals surface area (Å²) >= 11 is 0. The van der Waals surface area contributed by atoms with Gasteiger partial charge in [0.25, 0.3) is 11.8 Å². The Hall–Kier alpha value is -3.21. The lowest BCUT2D eigenvalue weighted by Gasteiger charge is -1.99. The molecule has 0 spiro atoms. The lowest BCUT2D eigenvalue weighted by atomic mass is 10.1. The molecule has 8 heteroatoms. The van der Waals surface area contributed by atoms with Gasteiger partial charge in [-0.2, -0.15) is 5.26 Å². The number of nitrogens with zero attached hydrogens (tertiary/aromatic N) is 2. The number of urea groups is 1. The molecule has 2 aliphatic heterocycles. The molecule has 2 N–H and O–H groups in total. The molecule has 1 atom stereocenters. The lowest BCUT2D eigenvalue weighted by molar-refractivity contribution is -0.118. The van der Waals surface area contributed by atoms with E-state index in [0.29, 0.717) is 17.7 Å². The van der Waals surface area contributed by atoms with Crippen LogP contribution in [-0.2, 0) is 4.79 Å². The van der Waals surface area contributed by atoms with E-state index in [1.807, 2.05) is 6.07 Å². The van der Waals surface area contributed by atoms with Gasteiger partial charge in [-0.1, -0.05) is 12.1 Å². The van der Waals surface area contributed by atoms with Crippen LogP contribution in [0.1, 0.15) is 27.6 Å². The van der Waals surface area contributed by atoms with Crippen molar-refractivity contribution in [3.8, 4) is 6.07 Å². The molecule has 1 fully saturated rings. The summed E-state index contributed by atoms with van der Waals surface area (Å²) in [5.41, 5.74) is 0.940. The van der Waals surface area contributed by atoms with Crippen molar-refractivity contribution in [2.45, 2.75) is 13.0 Å². The van der Waals surface area contributed by atoms with Gasteiger partial charge >= 0.3 is 6.03 Å². The minimum atomic E-state index is -0.482. The first-order valence-corrected chi connectivity index (χ1v) is 6.36. The summed E-state index contributed by atoms with van der Waals surface area (Å²) in [6, 6.07) is 7.81. The fourth-order valence-electron chi connectivity index (χ4n) is 1.81. The Bertz CT molecular complexity index is 674. The molecule has 0 radical (unpaired) electrons. The number of fused-ring (bicyclic) bond motifs is 1. The maximum Gasteiger partial charge on any atom is 0.325 e. The molecule has 0 aromatic heterocycles. The number of carbonyl (C=O) groups excluding carboxylic acids is 4. The molecule has 1 aromatic carbocycles. The number of nitrogens with one attached hydrogen (secondary N) is 2. The van der Waals surface area contributed by atoms with Crippen LogP contribution in [0.4, 0.5) is 4.79 Å². The highest BCUT2D eigenvalue weighted by atomic mass is 16.2. The average Bonchev–Trinajstić information content (AvgIpc) is 3.21. The molecular weight excluding hydrogens is 288 g/mol. The Balaban J connectivity index is 0.000000160. The van der Waals surface area contributed by atoms with Crippen molar-refractivity contribution < 1.29 is 19.2 Å². The van der Waals surface area contributed by atoms with Crippen LogP contribution in [0.3, 0.4) is 0 Å². The van der Waals surface area contributed by atoms with Crippen LogP contribution in [-0.4, -0.2) is 41.2 Å². The fraction of sp³-hybridized carbons (Fsp3) is 0.214. The summed E-state index contributed by atoms with van der Waals surface area (Å²) in [6.45, 7) is 1.68. The van der Waals surface area contributed by atoms with Crippen molar-refractivity contribution in [1.29, 1.82) is 5.26 Å². The van der Waals surface area contributed by atoms with Crippen molar-refractivity contribution in [1.82, 2.24) is 15.5 Å². The van der Waals surface area contributed by atoms with E-state index >= 15 is 0 Å². The second-order valence-electron chi connectivity index (χ2n) is 4.61. The highest BCUT2D eigenvalue weighted by Gasteiger charge is 2.38. The van der Waals surface area contributed by atoms with Crippen LogP contribution in [0, 0.1) is 11.3 Å². The highest BCUT2D eigenvalue weighted by molar-refractivity contribution is 6.21. The van der Waals surface area contributed by atoms with Gasteiger partial charge in [-0.25, -0.2) is 4.79 Å². The predicted octanol–water partition coefficient (Wildman–Crippen LogP) is 0.0205. The number of hydrogen-bond acceptors (Lipinski definition) is 5. The number of hydrogen-bond donors (Lipinski definition) is 2. The molecule has 1 aromatic rings. The third-order valence-electron chi connectivity index (χ3n) is 2.95. The first kappa shape index (κ1) is 15.2. The Morgan fingerprint density at radius 2 is 1.82 bits per heavy atom. The second kappa shape index (κ2) is 6.05. The van der Waals surface area contributed by atoms with Crippen molar-refractivity contribution in [2.24, 2.45) is 0 Å². The molecule has 22 heavy (non-hydrogen) atoms. The van der Waals surface area contributed by atoms with Crippen LogP contribution >= 0.6 is 0 Å². The third-order valence-corrected chi connectivity index (χ3v) is 2.95. The SMILES string of the molecule is CC(=O)NC(=O)N1CC1C#N.O=C1NC(=O)c2ccccc21. The molecule has 1 saturated heterocycles. The maximum atomic E-state index is 10.9. The van der Waals surface area contributed by atoms with Gasteiger partial charge in [0, 0.05) is 6.92 Å². The van der Waals surface area contributed by atoms with Gasteiger partial charge in [0.15, 0.2) is 0 Å². The molecule has 5 amide bonds. The quantitative estimate of drug-likeness (QED) is 0.517. The molecule has 3 rings (SSSR count). The van der Waals surface area contributed by atoms with E-state index in [2.05, 4.69) is 10.6 Å². The summed E-state index contributed by atoms with van der Waals surface area (Å²) < 4.78 is 0. The maximum absolute atomic E-state index is 10.9. The van der Waals surface area contributed by atoms with Gasteiger partial charge in [-0.05, 0) is 12.1 Å². The minimum Gasteiger partial charge on any atom is -0.303 e. The Morgan fingerprint density at radius 3 is 2.23 bits per heavy atom. The Kier molecular flexibility index (Phi) is 4.18. The summed E-state index contributed by atoms with van der Waals surface area (Å²) in [4.78, 5) is 44.3. The molecule has 0 aliphatic carbocycles. The summed E-state index contributed by atoms with van der Waals surface area (Å²) in [5.74, 6) is -1.00. The smallest absolute Gasteiger partial charge is 0.303 e. The predicted molar refractivity (Wildman–Crippen MR) is 73.6 cm³/mol. The van der Waals surface area contributed by atoms with Crippen molar-refractivity contribution >= 4 is 23.8 Å². The summed E-state index contributed by atoms with van der Waals surface area (Å²) in [7, 11) is 0. The van der Waals surface area contributed by atoms with Crippen LogP contribution < -0.4 is 10.6 Å².